The molecule has 10 heteroatoms. The van der Waals surface area contributed by atoms with E-state index in [0.717, 1.165) is 16.3 Å². The normalized spacial score (nSPS) is 12.0. The van der Waals surface area contributed by atoms with Gasteiger partial charge in [-0.2, -0.15) is 0 Å². The number of carbonyl (C=O) groups excluding carboxylic acids is 1. The molecular weight excluding hydrogens is 484 g/mol. The molecule has 186 valence electrons. The molecule has 1 aromatic heterocycles. The highest BCUT2D eigenvalue weighted by atomic mass is 32.2. The summed E-state index contributed by atoms with van der Waals surface area (Å²) in [6, 6.07) is 12.6. The molecule has 0 radical (unpaired) electrons. The fraction of sp³-hybridized carbons (Fsp3) is 0.280. The molecule has 0 unspecified atom stereocenters. The van der Waals surface area contributed by atoms with Gasteiger partial charge in [0.2, 0.25) is 10.0 Å². The number of carbonyl (C=O) groups is 1. The molecule has 0 atom stereocenters. The van der Waals surface area contributed by atoms with Crippen LogP contribution in [0.15, 0.2) is 65.7 Å². The predicted molar refractivity (Wildman–Crippen MR) is 142 cm³/mol. The van der Waals surface area contributed by atoms with Crippen molar-refractivity contribution < 1.29 is 17.9 Å². The average molecular weight is 515 g/mol. The van der Waals surface area contributed by atoms with E-state index in [-0.39, 0.29) is 11.5 Å². The van der Waals surface area contributed by atoms with Crippen molar-refractivity contribution in [2.75, 3.05) is 24.3 Å². The molecule has 0 bridgehead atoms. The van der Waals surface area contributed by atoms with Crippen LogP contribution >= 0.6 is 11.3 Å². The number of nitrogens with zero attached hydrogens (tertiary/aromatic N) is 1. The number of ether oxygens (including phenoxy) is 1. The van der Waals surface area contributed by atoms with E-state index in [9.17, 15) is 13.2 Å². The van der Waals surface area contributed by atoms with Gasteiger partial charge in [-0.15, -0.1) is 11.3 Å². The lowest BCUT2D eigenvalue weighted by atomic mass is 10.1. The van der Waals surface area contributed by atoms with E-state index in [1.807, 2.05) is 38.2 Å². The second kappa shape index (κ2) is 11.0. The van der Waals surface area contributed by atoms with Gasteiger partial charge in [-0.3, -0.25) is 5.32 Å². The molecule has 8 nitrogen and oxygen atoms in total. The van der Waals surface area contributed by atoms with Crippen LogP contribution in [0, 0.1) is 0 Å². The standard InChI is InChI=1S/C25H30N4O4S2/c1-6-7-14-33-24(30)28-19-12-13-20(22(15-19)35(31,32)29-25(2,3)4)21-16-27-23(34-21)17-8-10-18(26-5)11-9-17/h6-13,15-16,26,29H,14H2,1-5H3,(H,28,30)/b7-6+. The molecule has 3 rings (SSSR count). The van der Waals surface area contributed by atoms with Crippen LogP contribution in [-0.4, -0.2) is 38.7 Å². The van der Waals surface area contributed by atoms with Crippen LogP contribution in [0.5, 0.6) is 0 Å². The van der Waals surface area contributed by atoms with Gasteiger partial charge in [0, 0.05) is 41.3 Å². The number of amides is 1. The minimum Gasteiger partial charge on any atom is -0.445 e. The Hall–Kier alpha value is -3.21. The molecule has 0 fully saturated rings. The summed E-state index contributed by atoms with van der Waals surface area (Å²) in [5, 5.41) is 6.44. The van der Waals surface area contributed by atoms with Crippen LogP contribution in [0.4, 0.5) is 16.2 Å². The van der Waals surface area contributed by atoms with E-state index in [1.165, 1.54) is 17.4 Å². The Morgan fingerprint density at radius 3 is 2.43 bits per heavy atom. The first-order valence-electron chi connectivity index (χ1n) is 11.0. The fourth-order valence-corrected chi connectivity index (χ4v) is 5.86. The number of benzene rings is 2. The van der Waals surface area contributed by atoms with Crippen molar-refractivity contribution in [3.05, 3.63) is 60.8 Å². The number of anilines is 2. The summed E-state index contributed by atoms with van der Waals surface area (Å²) in [5.41, 5.74) is 2.02. The molecule has 35 heavy (non-hydrogen) atoms. The van der Waals surface area contributed by atoms with Gasteiger partial charge in [0.1, 0.15) is 11.6 Å². The number of sulfonamides is 1. The number of aromatic nitrogens is 1. The maximum Gasteiger partial charge on any atom is 0.411 e. The Bertz CT molecular complexity index is 1310. The minimum absolute atomic E-state index is 0.0411. The number of hydrogen-bond donors (Lipinski definition) is 3. The zero-order valence-electron chi connectivity index (χ0n) is 20.4. The Kier molecular flexibility index (Phi) is 8.31. The lowest BCUT2D eigenvalue weighted by Gasteiger charge is -2.22. The molecule has 0 saturated carbocycles. The van der Waals surface area contributed by atoms with Crippen LogP contribution in [0.3, 0.4) is 0 Å². The first-order chi connectivity index (χ1) is 16.5. The summed E-state index contributed by atoms with van der Waals surface area (Å²) < 4.78 is 34.5. The Morgan fingerprint density at radius 2 is 1.80 bits per heavy atom. The first kappa shape index (κ1) is 26.4. The van der Waals surface area contributed by atoms with Crippen molar-refractivity contribution in [2.24, 2.45) is 0 Å². The number of rotatable bonds is 8. The lowest BCUT2D eigenvalue weighted by molar-refractivity contribution is 0.174. The lowest BCUT2D eigenvalue weighted by Crippen LogP contribution is -2.40. The molecule has 3 N–H and O–H groups in total. The third kappa shape index (κ3) is 7.14. The van der Waals surface area contributed by atoms with Crippen molar-refractivity contribution in [3.63, 3.8) is 0 Å². The highest BCUT2D eigenvalue weighted by Gasteiger charge is 2.26. The zero-order valence-corrected chi connectivity index (χ0v) is 22.0. The maximum atomic E-state index is 13.4. The Balaban J connectivity index is 2.00. The highest BCUT2D eigenvalue weighted by molar-refractivity contribution is 7.89. The van der Waals surface area contributed by atoms with E-state index in [1.54, 1.807) is 51.3 Å². The molecule has 0 aliphatic heterocycles. The molecule has 0 aliphatic carbocycles. The molecular formula is C25H30N4O4S2. The Morgan fingerprint density at radius 1 is 1.11 bits per heavy atom. The summed E-state index contributed by atoms with van der Waals surface area (Å²) in [7, 11) is -2.07. The van der Waals surface area contributed by atoms with Crippen LogP contribution in [0.2, 0.25) is 0 Å². The number of thiazole rings is 1. The van der Waals surface area contributed by atoms with Crippen LogP contribution in [-0.2, 0) is 14.8 Å². The quantitative estimate of drug-likeness (QED) is 0.332. The highest BCUT2D eigenvalue weighted by Crippen LogP contribution is 2.37. The van der Waals surface area contributed by atoms with Gasteiger partial charge in [-0.05, 0) is 64.1 Å². The number of hydrogen-bond acceptors (Lipinski definition) is 7. The van der Waals surface area contributed by atoms with E-state index in [2.05, 4.69) is 20.3 Å². The van der Waals surface area contributed by atoms with Crippen molar-refractivity contribution in [1.29, 1.82) is 0 Å². The van der Waals surface area contributed by atoms with Crippen LogP contribution in [0.25, 0.3) is 21.0 Å². The van der Waals surface area contributed by atoms with E-state index < -0.39 is 21.7 Å². The SMILES string of the molecule is C/C=C/COC(=O)Nc1ccc(-c2cnc(-c3ccc(NC)cc3)s2)c(S(=O)(=O)NC(C)(C)C)c1. The monoisotopic (exact) mass is 514 g/mol. The van der Waals surface area contributed by atoms with Gasteiger partial charge in [0.15, 0.2) is 0 Å². The van der Waals surface area contributed by atoms with Crippen LogP contribution in [0.1, 0.15) is 27.7 Å². The minimum atomic E-state index is -3.92. The van der Waals surface area contributed by atoms with Gasteiger partial charge in [0.05, 0.1) is 9.77 Å². The predicted octanol–water partition coefficient (Wildman–Crippen LogP) is 5.72. The smallest absolute Gasteiger partial charge is 0.411 e. The van der Waals surface area contributed by atoms with Crippen molar-refractivity contribution in [3.8, 4) is 21.0 Å². The third-order valence-corrected chi connectivity index (χ3v) is 7.57. The molecule has 2 aromatic carbocycles. The molecule has 1 heterocycles. The van der Waals surface area contributed by atoms with Gasteiger partial charge in [-0.1, -0.05) is 18.2 Å². The number of allylic oxidation sites excluding steroid dienone is 1. The summed E-state index contributed by atoms with van der Waals surface area (Å²) in [6.45, 7) is 7.25. The third-order valence-electron chi connectivity index (χ3n) is 4.70. The molecule has 0 saturated heterocycles. The van der Waals surface area contributed by atoms with Crippen molar-refractivity contribution in [1.82, 2.24) is 9.71 Å². The van der Waals surface area contributed by atoms with Crippen molar-refractivity contribution >= 4 is 38.8 Å². The van der Waals surface area contributed by atoms with Gasteiger partial charge in [0.25, 0.3) is 0 Å². The van der Waals surface area contributed by atoms with E-state index in [4.69, 9.17) is 4.74 Å². The van der Waals surface area contributed by atoms with Gasteiger partial charge < -0.3 is 10.1 Å². The second-order valence-corrected chi connectivity index (χ2v) is 11.4. The molecule has 0 spiro atoms. The summed E-state index contributed by atoms with van der Waals surface area (Å²) >= 11 is 1.39. The van der Waals surface area contributed by atoms with Gasteiger partial charge in [-0.25, -0.2) is 22.9 Å². The maximum absolute atomic E-state index is 13.4. The largest absolute Gasteiger partial charge is 0.445 e. The topological polar surface area (TPSA) is 109 Å². The number of nitrogens with one attached hydrogen (secondary N) is 3. The Labute approximate surface area is 210 Å². The summed E-state index contributed by atoms with van der Waals surface area (Å²) in [5.74, 6) is 0. The first-order valence-corrected chi connectivity index (χ1v) is 13.3. The summed E-state index contributed by atoms with van der Waals surface area (Å²) in [6.07, 6.45) is 4.45. The van der Waals surface area contributed by atoms with E-state index in [0.29, 0.717) is 16.1 Å². The van der Waals surface area contributed by atoms with Crippen LogP contribution < -0.4 is 15.4 Å². The summed E-state index contributed by atoms with van der Waals surface area (Å²) in [4.78, 5) is 17.3. The van der Waals surface area contributed by atoms with Gasteiger partial charge >= 0.3 is 6.09 Å². The fourth-order valence-electron chi connectivity index (χ4n) is 3.17. The van der Waals surface area contributed by atoms with Crippen molar-refractivity contribution in [2.45, 2.75) is 38.1 Å². The zero-order chi connectivity index (χ0) is 25.6. The second-order valence-electron chi connectivity index (χ2n) is 8.72. The van der Waals surface area contributed by atoms with E-state index >= 15 is 0 Å². The molecule has 1 amide bonds. The molecule has 0 aliphatic rings. The molecule has 3 aromatic rings. The average Bonchev–Trinajstić information content (AvgIpc) is 3.28.